The molecule has 5 nitrogen and oxygen atoms in total. The minimum atomic E-state index is -3.70. The van der Waals surface area contributed by atoms with E-state index in [1.165, 1.54) is 30.3 Å². The fourth-order valence-corrected chi connectivity index (χ4v) is 3.05. The molecule has 0 fully saturated rings. The van der Waals surface area contributed by atoms with Crippen molar-refractivity contribution < 1.29 is 18.3 Å². The normalized spacial score (nSPS) is 11.4. The molecule has 0 aliphatic carbocycles. The lowest BCUT2D eigenvalue weighted by atomic mass is 10.0. The van der Waals surface area contributed by atoms with Crippen molar-refractivity contribution in [3.05, 3.63) is 59.7 Å². The van der Waals surface area contributed by atoms with Gasteiger partial charge in [-0.15, -0.1) is 0 Å². The number of rotatable bonds is 5. The third-order valence-corrected chi connectivity index (χ3v) is 4.60. The van der Waals surface area contributed by atoms with E-state index in [-0.39, 0.29) is 16.4 Å². The highest BCUT2D eigenvalue weighted by molar-refractivity contribution is 7.92. The van der Waals surface area contributed by atoms with Crippen LogP contribution in [0.2, 0.25) is 0 Å². The molecule has 22 heavy (non-hydrogen) atoms. The molecule has 0 amide bonds. The number of carboxylic acid groups (broad SMARTS) is 1. The van der Waals surface area contributed by atoms with Gasteiger partial charge in [-0.25, -0.2) is 13.2 Å². The molecule has 2 rings (SSSR count). The first-order chi connectivity index (χ1) is 10.3. The van der Waals surface area contributed by atoms with Crippen molar-refractivity contribution >= 4 is 21.7 Å². The second-order valence-corrected chi connectivity index (χ2v) is 6.90. The van der Waals surface area contributed by atoms with E-state index in [0.717, 1.165) is 5.56 Å². The van der Waals surface area contributed by atoms with Crippen LogP contribution in [-0.4, -0.2) is 19.5 Å². The van der Waals surface area contributed by atoms with Gasteiger partial charge in [0.15, 0.2) is 0 Å². The van der Waals surface area contributed by atoms with Gasteiger partial charge in [0.05, 0.1) is 10.5 Å². The number of benzene rings is 2. The number of hydrogen-bond donors (Lipinski definition) is 2. The Morgan fingerprint density at radius 2 is 1.73 bits per heavy atom. The summed E-state index contributed by atoms with van der Waals surface area (Å²) >= 11 is 0. The first kappa shape index (κ1) is 16.0. The zero-order valence-corrected chi connectivity index (χ0v) is 13.1. The molecule has 116 valence electrons. The fourth-order valence-electron chi connectivity index (χ4n) is 1.94. The lowest BCUT2D eigenvalue weighted by molar-refractivity contribution is 0.0697. The van der Waals surface area contributed by atoms with Gasteiger partial charge in [-0.05, 0) is 47.9 Å². The minimum absolute atomic E-state index is 0.102. The van der Waals surface area contributed by atoms with Crippen molar-refractivity contribution in [3.63, 3.8) is 0 Å². The second-order valence-electron chi connectivity index (χ2n) is 5.22. The van der Waals surface area contributed by atoms with Crippen molar-refractivity contribution in [3.8, 4) is 0 Å². The largest absolute Gasteiger partial charge is 0.478 e. The van der Waals surface area contributed by atoms with Crippen LogP contribution in [0.15, 0.2) is 53.4 Å². The number of hydrogen-bond acceptors (Lipinski definition) is 3. The van der Waals surface area contributed by atoms with Crippen LogP contribution >= 0.6 is 0 Å². The molecule has 0 saturated carbocycles. The van der Waals surface area contributed by atoms with E-state index in [1.54, 1.807) is 12.1 Å². The SMILES string of the molecule is CC(C)c1cccc(S(=O)(=O)Nc2ccc(C(=O)O)cc2)c1. The van der Waals surface area contributed by atoms with Crippen LogP contribution in [0.5, 0.6) is 0 Å². The van der Waals surface area contributed by atoms with Crippen LogP contribution in [-0.2, 0) is 10.0 Å². The first-order valence-corrected chi connectivity index (χ1v) is 8.24. The average molecular weight is 319 g/mol. The van der Waals surface area contributed by atoms with Crippen LogP contribution in [0.25, 0.3) is 0 Å². The molecule has 2 aromatic carbocycles. The Balaban J connectivity index is 2.27. The van der Waals surface area contributed by atoms with Crippen molar-refractivity contribution in [2.45, 2.75) is 24.7 Å². The Morgan fingerprint density at radius 1 is 1.09 bits per heavy atom. The fraction of sp³-hybridized carbons (Fsp3) is 0.188. The zero-order chi connectivity index (χ0) is 16.3. The number of sulfonamides is 1. The highest BCUT2D eigenvalue weighted by atomic mass is 32.2. The van der Waals surface area contributed by atoms with Gasteiger partial charge in [0.2, 0.25) is 0 Å². The maximum absolute atomic E-state index is 12.4. The Morgan fingerprint density at radius 3 is 2.27 bits per heavy atom. The third-order valence-electron chi connectivity index (χ3n) is 3.22. The van der Waals surface area contributed by atoms with E-state index in [4.69, 9.17) is 5.11 Å². The number of carbonyl (C=O) groups is 1. The molecule has 0 aliphatic rings. The Hall–Kier alpha value is -2.34. The van der Waals surface area contributed by atoms with Gasteiger partial charge >= 0.3 is 5.97 Å². The molecule has 0 bridgehead atoms. The number of nitrogens with one attached hydrogen (secondary N) is 1. The quantitative estimate of drug-likeness (QED) is 0.885. The van der Waals surface area contributed by atoms with Gasteiger partial charge in [-0.3, -0.25) is 4.72 Å². The molecule has 0 unspecified atom stereocenters. The van der Waals surface area contributed by atoms with Crippen LogP contribution in [0.4, 0.5) is 5.69 Å². The number of carboxylic acids is 1. The van der Waals surface area contributed by atoms with Gasteiger partial charge in [-0.1, -0.05) is 26.0 Å². The zero-order valence-electron chi connectivity index (χ0n) is 12.3. The van der Waals surface area contributed by atoms with E-state index in [1.807, 2.05) is 19.9 Å². The maximum atomic E-state index is 12.4. The molecular formula is C16H17NO4S. The molecule has 0 saturated heterocycles. The van der Waals surface area contributed by atoms with Crippen LogP contribution in [0.3, 0.4) is 0 Å². The van der Waals surface area contributed by atoms with E-state index >= 15 is 0 Å². The smallest absolute Gasteiger partial charge is 0.335 e. The number of anilines is 1. The molecule has 0 spiro atoms. The molecule has 0 aromatic heterocycles. The predicted molar refractivity (Wildman–Crippen MR) is 84.7 cm³/mol. The average Bonchev–Trinajstić information content (AvgIpc) is 2.47. The van der Waals surface area contributed by atoms with E-state index < -0.39 is 16.0 Å². The molecular weight excluding hydrogens is 302 g/mol. The Bertz CT molecular complexity index is 780. The lowest BCUT2D eigenvalue weighted by Gasteiger charge is -2.11. The summed E-state index contributed by atoms with van der Waals surface area (Å²) in [5, 5.41) is 8.83. The Kier molecular flexibility index (Phi) is 4.51. The van der Waals surface area contributed by atoms with Crippen LogP contribution < -0.4 is 4.72 Å². The number of aromatic carboxylic acids is 1. The standard InChI is InChI=1S/C16H17NO4S/c1-11(2)13-4-3-5-15(10-13)22(20,21)17-14-8-6-12(7-9-14)16(18)19/h3-11,17H,1-2H3,(H,18,19). The van der Waals surface area contributed by atoms with Crippen molar-refractivity contribution in [1.82, 2.24) is 0 Å². The van der Waals surface area contributed by atoms with E-state index in [2.05, 4.69) is 4.72 Å². The summed E-state index contributed by atoms with van der Waals surface area (Å²) in [5.41, 5.74) is 1.36. The van der Waals surface area contributed by atoms with Crippen LogP contribution in [0.1, 0.15) is 35.7 Å². The maximum Gasteiger partial charge on any atom is 0.335 e. The molecule has 2 N–H and O–H groups in total. The van der Waals surface area contributed by atoms with E-state index in [0.29, 0.717) is 5.69 Å². The van der Waals surface area contributed by atoms with Crippen molar-refractivity contribution in [1.29, 1.82) is 0 Å². The summed E-state index contributed by atoms with van der Waals surface area (Å²) in [6.07, 6.45) is 0. The molecule has 0 radical (unpaired) electrons. The van der Waals surface area contributed by atoms with Crippen molar-refractivity contribution in [2.75, 3.05) is 4.72 Å². The highest BCUT2D eigenvalue weighted by Gasteiger charge is 2.15. The van der Waals surface area contributed by atoms with E-state index in [9.17, 15) is 13.2 Å². The second kappa shape index (κ2) is 6.19. The van der Waals surface area contributed by atoms with Gasteiger partial charge < -0.3 is 5.11 Å². The summed E-state index contributed by atoms with van der Waals surface area (Å²) < 4.78 is 27.2. The van der Waals surface area contributed by atoms with Crippen molar-refractivity contribution in [2.24, 2.45) is 0 Å². The lowest BCUT2D eigenvalue weighted by Crippen LogP contribution is -2.13. The summed E-state index contributed by atoms with van der Waals surface area (Å²) in [7, 11) is -3.70. The van der Waals surface area contributed by atoms with Crippen LogP contribution in [0, 0.1) is 0 Å². The summed E-state index contributed by atoms with van der Waals surface area (Å²) in [6.45, 7) is 3.98. The summed E-state index contributed by atoms with van der Waals surface area (Å²) in [5.74, 6) is -0.830. The molecule has 0 aliphatic heterocycles. The first-order valence-electron chi connectivity index (χ1n) is 6.76. The van der Waals surface area contributed by atoms with Gasteiger partial charge in [-0.2, -0.15) is 0 Å². The van der Waals surface area contributed by atoms with Gasteiger partial charge in [0.25, 0.3) is 10.0 Å². The topological polar surface area (TPSA) is 83.5 Å². The Labute approximate surface area is 129 Å². The summed E-state index contributed by atoms with van der Waals surface area (Å²) in [6, 6.07) is 12.3. The highest BCUT2D eigenvalue weighted by Crippen LogP contribution is 2.21. The third kappa shape index (κ3) is 3.65. The minimum Gasteiger partial charge on any atom is -0.478 e. The molecule has 0 heterocycles. The van der Waals surface area contributed by atoms with Gasteiger partial charge in [0, 0.05) is 5.69 Å². The summed E-state index contributed by atoms with van der Waals surface area (Å²) in [4.78, 5) is 11.0. The molecule has 2 aromatic rings. The molecule has 6 heteroatoms. The monoisotopic (exact) mass is 319 g/mol. The molecule has 0 atom stereocenters. The predicted octanol–water partition coefficient (Wildman–Crippen LogP) is 3.31. The van der Waals surface area contributed by atoms with Gasteiger partial charge in [0.1, 0.15) is 0 Å².